The summed E-state index contributed by atoms with van der Waals surface area (Å²) in [7, 11) is 2.96. The smallest absolute Gasteiger partial charge is 0.338 e. The molecule has 1 N–H and O–H groups in total. The molecule has 1 aliphatic heterocycles. The minimum absolute atomic E-state index is 0.420. The summed E-state index contributed by atoms with van der Waals surface area (Å²) in [6.07, 6.45) is 1.45. The number of methoxy groups -OCH3 is 2. The highest BCUT2D eigenvalue weighted by Crippen LogP contribution is 2.42. The van der Waals surface area contributed by atoms with Crippen LogP contribution in [0, 0.1) is 0 Å². The van der Waals surface area contributed by atoms with Crippen molar-refractivity contribution in [3.05, 3.63) is 76.0 Å². The van der Waals surface area contributed by atoms with E-state index < -0.39 is 12.0 Å². The lowest BCUT2D eigenvalue weighted by Crippen LogP contribution is -2.29. The van der Waals surface area contributed by atoms with Crippen LogP contribution in [0.4, 0.5) is 5.95 Å². The molecular weight excluding hydrogens is 424 g/mol. The van der Waals surface area contributed by atoms with Crippen LogP contribution in [0.3, 0.4) is 0 Å². The Hall–Kier alpha value is -3.13. The van der Waals surface area contributed by atoms with Crippen LogP contribution in [0.5, 0.6) is 5.75 Å². The molecule has 28 heavy (non-hydrogen) atoms. The van der Waals surface area contributed by atoms with E-state index in [0.29, 0.717) is 23.0 Å². The molecule has 0 unspecified atom stereocenters. The lowest BCUT2D eigenvalue weighted by molar-refractivity contribution is -0.136. The first-order valence-electron chi connectivity index (χ1n) is 8.52. The Bertz CT molecular complexity index is 1060. The number of aromatic nitrogens is 3. The van der Waals surface area contributed by atoms with E-state index in [2.05, 4.69) is 31.3 Å². The normalized spacial score (nSPS) is 15.6. The van der Waals surface area contributed by atoms with E-state index in [-0.39, 0.29) is 0 Å². The van der Waals surface area contributed by atoms with Gasteiger partial charge in [0.2, 0.25) is 5.95 Å². The second-order valence-electron chi connectivity index (χ2n) is 6.09. The molecule has 0 aliphatic carbocycles. The zero-order chi connectivity index (χ0) is 19.7. The zero-order valence-corrected chi connectivity index (χ0v) is 16.8. The van der Waals surface area contributed by atoms with Gasteiger partial charge in [0, 0.05) is 10.0 Å². The maximum atomic E-state index is 12.9. The summed E-state index contributed by atoms with van der Waals surface area (Å²) in [5, 5.41) is 7.57. The third kappa shape index (κ3) is 3.05. The lowest BCUT2D eigenvalue weighted by atomic mass is 9.92. The summed E-state index contributed by atoms with van der Waals surface area (Å²) in [5.41, 5.74) is 2.65. The molecule has 0 saturated heterocycles. The number of esters is 1. The van der Waals surface area contributed by atoms with Crippen molar-refractivity contribution in [2.45, 2.75) is 6.04 Å². The number of halogens is 1. The number of carbonyl (C=O) groups is 1. The number of benzene rings is 2. The number of ether oxygens (including phenoxy) is 2. The summed E-state index contributed by atoms with van der Waals surface area (Å²) in [5.74, 6) is 0.698. The summed E-state index contributed by atoms with van der Waals surface area (Å²) >= 11 is 3.51. The number of anilines is 1. The van der Waals surface area contributed by atoms with Crippen molar-refractivity contribution in [2.75, 3.05) is 19.5 Å². The van der Waals surface area contributed by atoms with Crippen LogP contribution >= 0.6 is 15.9 Å². The fourth-order valence-corrected chi connectivity index (χ4v) is 3.71. The van der Waals surface area contributed by atoms with Crippen LogP contribution < -0.4 is 10.1 Å². The maximum Gasteiger partial charge on any atom is 0.338 e. The van der Waals surface area contributed by atoms with Crippen LogP contribution in [-0.2, 0) is 9.53 Å². The fraction of sp³-hybridized carbons (Fsp3) is 0.150. The molecule has 3 aromatic rings. The lowest BCUT2D eigenvalue weighted by Gasteiger charge is -2.30. The monoisotopic (exact) mass is 440 g/mol. The van der Waals surface area contributed by atoms with Crippen molar-refractivity contribution in [3.63, 3.8) is 0 Å². The molecule has 142 valence electrons. The van der Waals surface area contributed by atoms with E-state index in [9.17, 15) is 4.79 Å². The van der Waals surface area contributed by atoms with Crippen molar-refractivity contribution in [3.8, 4) is 5.75 Å². The average molecular weight is 441 g/mol. The quantitative estimate of drug-likeness (QED) is 0.623. The van der Waals surface area contributed by atoms with Gasteiger partial charge in [0.15, 0.2) is 0 Å². The molecule has 2 aromatic carbocycles. The Morgan fingerprint density at radius 1 is 1.18 bits per heavy atom. The van der Waals surface area contributed by atoms with Gasteiger partial charge in [0.25, 0.3) is 0 Å². The van der Waals surface area contributed by atoms with Crippen LogP contribution in [0.15, 0.2) is 64.9 Å². The molecule has 2 heterocycles. The Balaban J connectivity index is 2.03. The highest BCUT2D eigenvalue weighted by molar-refractivity contribution is 9.10. The number of fused-ring (bicyclic) bond motifs is 1. The molecule has 1 aliphatic rings. The van der Waals surface area contributed by atoms with Gasteiger partial charge in [-0.3, -0.25) is 0 Å². The molecule has 8 heteroatoms. The Morgan fingerprint density at radius 3 is 2.68 bits per heavy atom. The first kappa shape index (κ1) is 18.2. The van der Waals surface area contributed by atoms with Gasteiger partial charge in [-0.05, 0) is 23.8 Å². The SMILES string of the molecule is COC(=O)C1=C(c2ccccc2)Nc2ncnn2[C@@H]1c1cc(Br)ccc1OC. The van der Waals surface area contributed by atoms with Gasteiger partial charge >= 0.3 is 5.97 Å². The van der Waals surface area contributed by atoms with Crippen molar-refractivity contribution < 1.29 is 14.3 Å². The van der Waals surface area contributed by atoms with E-state index in [4.69, 9.17) is 9.47 Å². The third-order valence-corrected chi connectivity index (χ3v) is 5.04. The maximum absolute atomic E-state index is 12.9. The number of nitrogens with one attached hydrogen (secondary N) is 1. The van der Waals surface area contributed by atoms with Gasteiger partial charge in [-0.1, -0.05) is 46.3 Å². The second-order valence-corrected chi connectivity index (χ2v) is 7.00. The molecule has 1 aromatic heterocycles. The molecule has 0 amide bonds. The molecule has 0 bridgehead atoms. The van der Waals surface area contributed by atoms with E-state index in [1.165, 1.54) is 13.4 Å². The summed E-state index contributed by atoms with van der Waals surface area (Å²) in [4.78, 5) is 17.2. The van der Waals surface area contributed by atoms with Crippen molar-refractivity contribution in [1.29, 1.82) is 0 Å². The highest BCUT2D eigenvalue weighted by Gasteiger charge is 2.37. The highest BCUT2D eigenvalue weighted by atomic mass is 79.9. The minimum atomic E-state index is -0.575. The topological polar surface area (TPSA) is 78.3 Å². The number of hydrogen-bond donors (Lipinski definition) is 1. The fourth-order valence-electron chi connectivity index (χ4n) is 3.33. The van der Waals surface area contributed by atoms with Crippen molar-refractivity contribution in [2.24, 2.45) is 0 Å². The molecule has 0 radical (unpaired) electrons. The summed E-state index contributed by atoms with van der Waals surface area (Å²) in [6, 6.07) is 14.6. The van der Waals surface area contributed by atoms with E-state index >= 15 is 0 Å². The van der Waals surface area contributed by atoms with Crippen molar-refractivity contribution >= 4 is 33.5 Å². The van der Waals surface area contributed by atoms with Gasteiger partial charge in [-0.15, -0.1) is 0 Å². The number of rotatable bonds is 4. The van der Waals surface area contributed by atoms with Gasteiger partial charge in [-0.2, -0.15) is 10.1 Å². The third-order valence-electron chi connectivity index (χ3n) is 4.55. The molecular formula is C20H17BrN4O3. The summed E-state index contributed by atoms with van der Waals surface area (Å²) in [6.45, 7) is 0. The van der Waals surface area contributed by atoms with Gasteiger partial charge in [0.1, 0.15) is 18.1 Å². The number of nitrogens with zero attached hydrogens (tertiary/aromatic N) is 3. The van der Waals surface area contributed by atoms with E-state index in [1.54, 1.807) is 11.8 Å². The van der Waals surface area contributed by atoms with Gasteiger partial charge in [0.05, 0.1) is 25.5 Å². The molecule has 0 spiro atoms. The first-order chi connectivity index (χ1) is 13.6. The van der Waals surface area contributed by atoms with Crippen LogP contribution in [0.1, 0.15) is 17.2 Å². The number of carbonyl (C=O) groups excluding carboxylic acids is 1. The first-order valence-corrected chi connectivity index (χ1v) is 9.31. The summed E-state index contributed by atoms with van der Waals surface area (Å²) < 4.78 is 13.2. The molecule has 1 atom stereocenters. The second kappa shape index (κ2) is 7.47. The van der Waals surface area contributed by atoms with Crippen molar-refractivity contribution in [1.82, 2.24) is 14.8 Å². The largest absolute Gasteiger partial charge is 0.496 e. The molecule has 4 rings (SSSR count). The Labute approximate surface area is 170 Å². The predicted octanol–water partition coefficient (Wildman–Crippen LogP) is 3.65. The Kier molecular flexibility index (Phi) is 4.87. The van der Waals surface area contributed by atoms with Crippen LogP contribution in [-0.4, -0.2) is 35.0 Å². The average Bonchev–Trinajstić information content (AvgIpc) is 3.20. The van der Waals surface area contributed by atoms with E-state index in [0.717, 1.165) is 15.6 Å². The standard InChI is InChI=1S/C20H17BrN4O3/c1-27-15-9-8-13(21)10-14(15)18-16(19(26)28-2)17(12-6-4-3-5-7-12)24-20-22-11-23-25(18)20/h3-11,18H,1-2H3,(H,22,23,24)/t18-/m1/s1. The minimum Gasteiger partial charge on any atom is -0.496 e. The van der Waals surface area contributed by atoms with Gasteiger partial charge in [-0.25, -0.2) is 9.48 Å². The van der Waals surface area contributed by atoms with Gasteiger partial charge < -0.3 is 14.8 Å². The molecule has 0 fully saturated rings. The Morgan fingerprint density at radius 2 is 1.96 bits per heavy atom. The molecule has 7 nitrogen and oxygen atoms in total. The van der Waals surface area contributed by atoms with Crippen LogP contribution in [0.2, 0.25) is 0 Å². The number of hydrogen-bond acceptors (Lipinski definition) is 6. The zero-order valence-electron chi connectivity index (χ0n) is 15.2. The predicted molar refractivity (Wildman–Crippen MR) is 108 cm³/mol. The van der Waals surface area contributed by atoms with Crippen LogP contribution in [0.25, 0.3) is 5.70 Å². The van der Waals surface area contributed by atoms with E-state index in [1.807, 2.05) is 48.5 Å². The molecule has 0 saturated carbocycles.